The van der Waals surface area contributed by atoms with Crippen molar-refractivity contribution >= 4 is 5.97 Å². The van der Waals surface area contributed by atoms with Crippen LogP contribution in [0.3, 0.4) is 0 Å². The highest BCUT2D eigenvalue weighted by atomic mass is 19.4. The van der Waals surface area contributed by atoms with Crippen LogP contribution in [0.2, 0.25) is 0 Å². The van der Waals surface area contributed by atoms with Crippen molar-refractivity contribution in [2.24, 2.45) is 0 Å². The molecule has 0 amide bonds. The molecule has 0 saturated heterocycles. The van der Waals surface area contributed by atoms with E-state index >= 15 is 0 Å². The number of carbonyl (C=O) groups excluding carboxylic acids is 1. The molecule has 0 aliphatic rings. The Labute approximate surface area is 87.2 Å². The van der Waals surface area contributed by atoms with Crippen molar-refractivity contribution < 1.29 is 22.7 Å². The number of likely N-dealkylation sites (N-methyl/N-ethyl adjacent to an activating group) is 1. The number of ether oxygens (including phenoxy) is 1. The molecule has 0 atom stereocenters. The quantitative estimate of drug-likeness (QED) is 0.512. The van der Waals surface area contributed by atoms with Crippen molar-refractivity contribution in [3.05, 3.63) is 0 Å². The molecule has 3 nitrogen and oxygen atoms in total. The van der Waals surface area contributed by atoms with Gasteiger partial charge in [0, 0.05) is 0 Å². The molecule has 90 valence electrons. The van der Waals surface area contributed by atoms with Crippen molar-refractivity contribution in [1.82, 2.24) is 4.90 Å². The monoisotopic (exact) mass is 227 g/mol. The Morgan fingerprint density at radius 1 is 1.40 bits per heavy atom. The lowest BCUT2D eigenvalue weighted by molar-refractivity contribution is -0.155. The fraction of sp³-hybridized carbons (Fsp3) is 0.889. The number of carbonyl (C=O) groups is 1. The smallest absolute Gasteiger partial charge is 0.401 e. The second kappa shape index (κ2) is 6.66. The lowest BCUT2D eigenvalue weighted by atomic mass is 10.4. The predicted molar refractivity (Wildman–Crippen MR) is 49.4 cm³/mol. The van der Waals surface area contributed by atoms with Crippen LogP contribution in [0, 0.1) is 0 Å². The molecule has 0 fully saturated rings. The van der Waals surface area contributed by atoms with E-state index in [9.17, 15) is 18.0 Å². The molecule has 0 saturated carbocycles. The second-order valence-electron chi connectivity index (χ2n) is 3.36. The van der Waals surface area contributed by atoms with Crippen LogP contribution in [-0.2, 0) is 9.53 Å². The Hall–Kier alpha value is -0.780. The summed E-state index contributed by atoms with van der Waals surface area (Å²) in [6, 6.07) is 0. The maximum atomic E-state index is 11.9. The van der Waals surface area contributed by atoms with Crippen molar-refractivity contribution in [3.63, 3.8) is 0 Å². The van der Waals surface area contributed by atoms with Crippen LogP contribution in [0.15, 0.2) is 0 Å². The molecular weight excluding hydrogens is 211 g/mol. The first-order chi connectivity index (χ1) is 6.85. The summed E-state index contributed by atoms with van der Waals surface area (Å²) in [7, 11) is 1.23. The van der Waals surface area contributed by atoms with Gasteiger partial charge in [0.1, 0.15) is 0 Å². The van der Waals surface area contributed by atoms with E-state index in [4.69, 9.17) is 4.74 Å². The Morgan fingerprint density at radius 3 is 2.47 bits per heavy atom. The summed E-state index contributed by atoms with van der Waals surface area (Å²) in [6.07, 6.45) is -2.67. The van der Waals surface area contributed by atoms with Gasteiger partial charge >= 0.3 is 12.1 Å². The lowest BCUT2D eigenvalue weighted by Crippen LogP contribution is -2.35. The molecular formula is C9H16F3NO2. The van der Waals surface area contributed by atoms with E-state index in [0.29, 0.717) is 0 Å². The van der Waals surface area contributed by atoms with E-state index in [0.717, 1.165) is 17.7 Å². The van der Waals surface area contributed by atoms with Gasteiger partial charge < -0.3 is 4.74 Å². The van der Waals surface area contributed by atoms with Gasteiger partial charge in [-0.05, 0) is 13.5 Å². The minimum absolute atomic E-state index is 0.273. The zero-order chi connectivity index (χ0) is 11.9. The van der Waals surface area contributed by atoms with E-state index in [1.165, 1.54) is 7.05 Å². The normalized spacial score (nSPS) is 11.9. The third-order valence-corrected chi connectivity index (χ3v) is 1.61. The van der Waals surface area contributed by atoms with Crippen LogP contribution in [0.4, 0.5) is 13.2 Å². The van der Waals surface area contributed by atoms with Crippen molar-refractivity contribution in [2.75, 3.05) is 26.7 Å². The van der Waals surface area contributed by atoms with Gasteiger partial charge in [0.15, 0.2) is 0 Å². The van der Waals surface area contributed by atoms with E-state index in [2.05, 4.69) is 0 Å². The number of alkyl halides is 3. The first-order valence-electron chi connectivity index (χ1n) is 4.76. The van der Waals surface area contributed by atoms with Crippen LogP contribution in [0.1, 0.15) is 19.8 Å². The molecule has 0 aliphatic heterocycles. The van der Waals surface area contributed by atoms with Gasteiger partial charge in [0.05, 0.1) is 19.7 Å². The van der Waals surface area contributed by atoms with Crippen LogP contribution < -0.4 is 0 Å². The fourth-order valence-electron chi connectivity index (χ4n) is 0.958. The van der Waals surface area contributed by atoms with E-state index < -0.39 is 18.7 Å². The molecule has 0 unspecified atom stereocenters. The molecule has 0 spiro atoms. The van der Waals surface area contributed by atoms with Gasteiger partial charge in [-0.25, -0.2) is 0 Å². The standard InChI is InChI=1S/C9H16F3NO2/c1-3-4-5-15-8(14)6-13(2)7-9(10,11)12/h3-7H2,1-2H3. The zero-order valence-electron chi connectivity index (χ0n) is 8.93. The van der Waals surface area contributed by atoms with Gasteiger partial charge in [-0.2, -0.15) is 13.2 Å². The summed E-state index contributed by atoms with van der Waals surface area (Å²) >= 11 is 0. The van der Waals surface area contributed by atoms with Crippen LogP contribution >= 0.6 is 0 Å². The van der Waals surface area contributed by atoms with Gasteiger partial charge in [-0.1, -0.05) is 13.3 Å². The minimum Gasteiger partial charge on any atom is -0.465 e. The summed E-state index contributed by atoms with van der Waals surface area (Å²) in [5, 5.41) is 0. The maximum Gasteiger partial charge on any atom is 0.401 e. The second-order valence-corrected chi connectivity index (χ2v) is 3.36. The fourth-order valence-corrected chi connectivity index (χ4v) is 0.958. The number of rotatable bonds is 6. The number of hydrogen-bond donors (Lipinski definition) is 0. The first kappa shape index (κ1) is 14.2. The largest absolute Gasteiger partial charge is 0.465 e. The number of halogens is 3. The average molecular weight is 227 g/mol. The molecule has 0 aliphatic carbocycles. The van der Waals surface area contributed by atoms with E-state index in [1.807, 2.05) is 6.92 Å². The molecule has 15 heavy (non-hydrogen) atoms. The lowest BCUT2D eigenvalue weighted by Gasteiger charge is -2.17. The molecule has 0 aromatic heterocycles. The Kier molecular flexibility index (Phi) is 6.31. The van der Waals surface area contributed by atoms with Crippen molar-refractivity contribution in [1.29, 1.82) is 0 Å². The molecule has 0 bridgehead atoms. The summed E-state index contributed by atoms with van der Waals surface area (Å²) < 4.78 is 40.3. The third-order valence-electron chi connectivity index (χ3n) is 1.61. The molecule has 0 N–H and O–H groups in total. The van der Waals surface area contributed by atoms with E-state index in [-0.39, 0.29) is 13.2 Å². The highest BCUT2D eigenvalue weighted by Crippen LogP contribution is 2.15. The zero-order valence-corrected chi connectivity index (χ0v) is 8.93. The molecule has 0 radical (unpaired) electrons. The van der Waals surface area contributed by atoms with Gasteiger partial charge in [0.25, 0.3) is 0 Å². The highest BCUT2D eigenvalue weighted by Gasteiger charge is 2.29. The highest BCUT2D eigenvalue weighted by molar-refractivity contribution is 5.71. The number of unbranched alkanes of at least 4 members (excludes halogenated alkanes) is 1. The van der Waals surface area contributed by atoms with Crippen LogP contribution in [0.5, 0.6) is 0 Å². The van der Waals surface area contributed by atoms with Crippen molar-refractivity contribution in [2.45, 2.75) is 25.9 Å². The number of esters is 1. The number of nitrogens with zero attached hydrogens (tertiary/aromatic N) is 1. The maximum absolute atomic E-state index is 11.9. The Morgan fingerprint density at radius 2 is 2.00 bits per heavy atom. The van der Waals surface area contributed by atoms with Crippen molar-refractivity contribution in [3.8, 4) is 0 Å². The number of hydrogen-bond acceptors (Lipinski definition) is 3. The SMILES string of the molecule is CCCCOC(=O)CN(C)CC(F)(F)F. The third kappa shape index (κ3) is 9.52. The van der Waals surface area contributed by atoms with E-state index in [1.54, 1.807) is 0 Å². The predicted octanol–water partition coefficient (Wildman–Crippen LogP) is 1.82. The Balaban J connectivity index is 3.67. The molecule has 0 rings (SSSR count). The Bertz CT molecular complexity index is 194. The summed E-state index contributed by atoms with van der Waals surface area (Å²) in [6.45, 7) is 0.776. The van der Waals surface area contributed by atoms with Gasteiger partial charge in [-0.3, -0.25) is 9.69 Å². The summed E-state index contributed by atoms with van der Waals surface area (Å²) in [5.74, 6) is -0.616. The average Bonchev–Trinajstić information content (AvgIpc) is 2.00. The van der Waals surface area contributed by atoms with Gasteiger partial charge in [0.2, 0.25) is 0 Å². The summed E-state index contributed by atoms with van der Waals surface area (Å²) in [5.41, 5.74) is 0. The molecule has 0 aromatic carbocycles. The van der Waals surface area contributed by atoms with Gasteiger partial charge in [-0.15, -0.1) is 0 Å². The molecule has 6 heteroatoms. The van der Waals surface area contributed by atoms with Crippen LogP contribution in [-0.4, -0.2) is 43.8 Å². The topological polar surface area (TPSA) is 29.5 Å². The van der Waals surface area contributed by atoms with Crippen LogP contribution in [0.25, 0.3) is 0 Å². The first-order valence-corrected chi connectivity index (χ1v) is 4.76. The molecule has 0 heterocycles. The molecule has 0 aromatic rings. The summed E-state index contributed by atoms with van der Waals surface area (Å²) in [4.78, 5) is 11.9. The minimum atomic E-state index is -4.28.